The van der Waals surface area contributed by atoms with Gasteiger partial charge in [0.1, 0.15) is 0 Å². The van der Waals surface area contributed by atoms with Crippen molar-refractivity contribution in [1.29, 1.82) is 0 Å². The number of sulfonamides is 1. The Morgan fingerprint density at radius 3 is 2.60 bits per heavy atom. The van der Waals surface area contributed by atoms with E-state index < -0.39 is 10.0 Å². The van der Waals surface area contributed by atoms with Crippen LogP contribution >= 0.6 is 0 Å². The molecule has 2 N–H and O–H groups in total. The number of carbonyl (C=O) groups excluding carboxylic acids is 1. The number of amides is 1. The minimum Gasteiger partial charge on any atom is -0.339 e. The van der Waals surface area contributed by atoms with Gasteiger partial charge in [0.25, 0.3) is 0 Å². The van der Waals surface area contributed by atoms with Crippen LogP contribution in [-0.2, 0) is 14.8 Å². The van der Waals surface area contributed by atoms with E-state index in [0.29, 0.717) is 18.7 Å². The molecule has 1 aliphatic rings. The number of benzene rings is 1. The van der Waals surface area contributed by atoms with Crippen LogP contribution in [0.1, 0.15) is 5.56 Å². The van der Waals surface area contributed by atoms with Crippen molar-refractivity contribution in [3.05, 3.63) is 29.8 Å². The van der Waals surface area contributed by atoms with Crippen LogP contribution < -0.4 is 10.0 Å². The molecule has 0 aliphatic carbocycles. The summed E-state index contributed by atoms with van der Waals surface area (Å²) in [4.78, 5) is 13.8. The Bertz CT molecular complexity index is 580. The fourth-order valence-corrected chi connectivity index (χ4v) is 3.34. The predicted molar refractivity (Wildman–Crippen MR) is 75.8 cm³/mol. The van der Waals surface area contributed by atoms with Crippen LogP contribution in [0.5, 0.6) is 0 Å². The Morgan fingerprint density at radius 1 is 1.30 bits per heavy atom. The van der Waals surface area contributed by atoms with Crippen LogP contribution in [0.15, 0.2) is 29.2 Å². The summed E-state index contributed by atoms with van der Waals surface area (Å²) in [5.41, 5.74) is 0.662. The van der Waals surface area contributed by atoms with Crippen LogP contribution in [0, 0.1) is 6.92 Å². The lowest BCUT2D eigenvalue weighted by Gasteiger charge is -2.27. The van der Waals surface area contributed by atoms with Crippen LogP contribution in [0.25, 0.3) is 0 Å². The SMILES string of the molecule is Cc1ccccc1S(=O)(=O)NCC(=O)N1CCNCC1. The average molecular weight is 297 g/mol. The molecule has 110 valence electrons. The zero-order valence-electron chi connectivity index (χ0n) is 11.4. The quantitative estimate of drug-likeness (QED) is 0.800. The Balaban J connectivity index is 1.99. The molecule has 1 aromatic carbocycles. The highest BCUT2D eigenvalue weighted by atomic mass is 32.2. The molecule has 7 heteroatoms. The second-order valence-electron chi connectivity index (χ2n) is 4.72. The van der Waals surface area contributed by atoms with Crippen molar-refractivity contribution < 1.29 is 13.2 Å². The van der Waals surface area contributed by atoms with Crippen LogP contribution in [0.4, 0.5) is 0 Å². The first-order valence-corrected chi connectivity index (χ1v) is 8.03. The first-order chi connectivity index (χ1) is 9.50. The van der Waals surface area contributed by atoms with Gasteiger partial charge in [-0.1, -0.05) is 18.2 Å². The van der Waals surface area contributed by atoms with Gasteiger partial charge in [-0.15, -0.1) is 0 Å². The normalized spacial score (nSPS) is 16.1. The molecule has 0 radical (unpaired) electrons. The highest BCUT2D eigenvalue weighted by Crippen LogP contribution is 2.13. The highest BCUT2D eigenvalue weighted by Gasteiger charge is 2.20. The monoisotopic (exact) mass is 297 g/mol. The van der Waals surface area contributed by atoms with Crippen molar-refractivity contribution in [2.45, 2.75) is 11.8 Å². The molecule has 0 aromatic heterocycles. The molecule has 20 heavy (non-hydrogen) atoms. The van der Waals surface area contributed by atoms with Crippen molar-refractivity contribution in [2.24, 2.45) is 0 Å². The first kappa shape index (κ1) is 15.0. The Labute approximate surface area is 119 Å². The van der Waals surface area contributed by atoms with E-state index in [-0.39, 0.29) is 17.3 Å². The van der Waals surface area contributed by atoms with Gasteiger partial charge in [-0.3, -0.25) is 4.79 Å². The second-order valence-corrected chi connectivity index (χ2v) is 6.46. The molecule has 1 heterocycles. The van der Waals surface area contributed by atoms with Crippen molar-refractivity contribution in [2.75, 3.05) is 32.7 Å². The van der Waals surface area contributed by atoms with E-state index in [0.717, 1.165) is 13.1 Å². The summed E-state index contributed by atoms with van der Waals surface area (Å²) in [6.07, 6.45) is 0. The maximum Gasteiger partial charge on any atom is 0.241 e. The zero-order valence-corrected chi connectivity index (χ0v) is 12.2. The van der Waals surface area contributed by atoms with Crippen LogP contribution in [-0.4, -0.2) is 51.9 Å². The molecule has 0 atom stereocenters. The molecule has 1 amide bonds. The molecule has 6 nitrogen and oxygen atoms in total. The maximum absolute atomic E-state index is 12.1. The van der Waals surface area contributed by atoms with Gasteiger partial charge in [0.15, 0.2) is 0 Å². The molecule has 1 aliphatic heterocycles. The van der Waals surface area contributed by atoms with Crippen LogP contribution in [0.2, 0.25) is 0 Å². The van der Waals surface area contributed by atoms with Gasteiger partial charge >= 0.3 is 0 Å². The molecule has 1 aromatic rings. The summed E-state index contributed by atoms with van der Waals surface area (Å²) >= 11 is 0. The molecule has 0 unspecified atom stereocenters. The number of aryl methyl sites for hydroxylation is 1. The minimum absolute atomic E-state index is 0.191. The van der Waals surface area contributed by atoms with E-state index in [2.05, 4.69) is 10.0 Å². The Hall–Kier alpha value is -1.44. The van der Waals surface area contributed by atoms with Crippen molar-refractivity contribution >= 4 is 15.9 Å². The van der Waals surface area contributed by atoms with E-state index in [9.17, 15) is 13.2 Å². The fraction of sp³-hybridized carbons (Fsp3) is 0.462. The fourth-order valence-electron chi connectivity index (χ4n) is 2.12. The lowest BCUT2D eigenvalue weighted by atomic mass is 10.2. The molecule has 0 bridgehead atoms. The van der Waals surface area contributed by atoms with Gasteiger partial charge in [-0.25, -0.2) is 13.1 Å². The summed E-state index contributed by atoms with van der Waals surface area (Å²) in [7, 11) is -3.64. The minimum atomic E-state index is -3.64. The number of nitrogens with one attached hydrogen (secondary N) is 2. The summed E-state index contributed by atoms with van der Waals surface area (Å²) in [5.74, 6) is -0.191. The van der Waals surface area contributed by atoms with E-state index >= 15 is 0 Å². The number of nitrogens with zero attached hydrogens (tertiary/aromatic N) is 1. The lowest BCUT2D eigenvalue weighted by Crippen LogP contribution is -2.49. The number of rotatable bonds is 4. The van der Waals surface area contributed by atoms with Crippen molar-refractivity contribution in [3.63, 3.8) is 0 Å². The Kier molecular flexibility index (Phi) is 4.74. The van der Waals surface area contributed by atoms with E-state index in [1.165, 1.54) is 6.07 Å². The number of hydrogen-bond donors (Lipinski definition) is 2. The largest absolute Gasteiger partial charge is 0.339 e. The lowest BCUT2D eigenvalue weighted by molar-refractivity contribution is -0.130. The summed E-state index contributed by atoms with van der Waals surface area (Å²) in [5, 5.41) is 3.14. The average Bonchev–Trinajstić information content (AvgIpc) is 2.46. The number of piperazine rings is 1. The maximum atomic E-state index is 12.1. The molecule has 2 rings (SSSR count). The molecular formula is C13H19N3O3S. The van der Waals surface area contributed by atoms with Crippen molar-refractivity contribution in [1.82, 2.24) is 14.9 Å². The number of hydrogen-bond acceptors (Lipinski definition) is 4. The summed E-state index contributed by atoms with van der Waals surface area (Å²) in [6.45, 7) is 4.26. The molecule has 0 spiro atoms. The van der Waals surface area contributed by atoms with Gasteiger partial charge in [0.2, 0.25) is 15.9 Å². The third-order valence-corrected chi connectivity index (χ3v) is 4.83. The summed E-state index contributed by atoms with van der Waals surface area (Å²) in [6, 6.07) is 6.71. The standard InChI is InChI=1S/C13H19N3O3S/c1-11-4-2-3-5-12(11)20(18,19)15-10-13(17)16-8-6-14-7-9-16/h2-5,14-15H,6-10H2,1H3. The molecule has 0 saturated carbocycles. The number of carbonyl (C=O) groups is 1. The molecular weight excluding hydrogens is 278 g/mol. The third kappa shape index (κ3) is 3.56. The van der Waals surface area contributed by atoms with Crippen LogP contribution in [0.3, 0.4) is 0 Å². The zero-order chi connectivity index (χ0) is 14.6. The third-order valence-electron chi connectivity index (χ3n) is 3.27. The molecule has 1 saturated heterocycles. The van der Waals surface area contributed by atoms with Crippen molar-refractivity contribution in [3.8, 4) is 0 Å². The summed E-state index contributed by atoms with van der Waals surface area (Å²) < 4.78 is 26.7. The second kappa shape index (κ2) is 6.34. The van der Waals surface area contributed by atoms with E-state index in [4.69, 9.17) is 0 Å². The van der Waals surface area contributed by atoms with Gasteiger partial charge < -0.3 is 10.2 Å². The highest BCUT2D eigenvalue weighted by molar-refractivity contribution is 7.89. The predicted octanol–water partition coefficient (Wildman–Crippen LogP) is -0.295. The smallest absolute Gasteiger partial charge is 0.241 e. The first-order valence-electron chi connectivity index (χ1n) is 6.54. The molecule has 1 fully saturated rings. The van der Waals surface area contributed by atoms with Gasteiger partial charge in [0.05, 0.1) is 11.4 Å². The van der Waals surface area contributed by atoms with E-state index in [1.54, 1.807) is 30.0 Å². The van der Waals surface area contributed by atoms with Gasteiger partial charge in [0, 0.05) is 26.2 Å². The topological polar surface area (TPSA) is 78.5 Å². The van der Waals surface area contributed by atoms with Gasteiger partial charge in [-0.2, -0.15) is 0 Å². The van der Waals surface area contributed by atoms with Gasteiger partial charge in [-0.05, 0) is 18.6 Å². The van der Waals surface area contributed by atoms with E-state index in [1.807, 2.05) is 0 Å². The Morgan fingerprint density at radius 2 is 1.95 bits per heavy atom.